The number of aromatic amines is 1. The lowest BCUT2D eigenvalue weighted by Crippen LogP contribution is -1.79. The molecule has 2 aromatic rings. The highest BCUT2D eigenvalue weighted by molar-refractivity contribution is 6.21. The van der Waals surface area contributed by atoms with Crippen LogP contribution in [0.2, 0.25) is 0 Å². The Hall–Kier alpha value is -2.16. The van der Waals surface area contributed by atoms with E-state index in [0.717, 1.165) is 17.0 Å². The van der Waals surface area contributed by atoms with Crippen LogP contribution in [-0.2, 0) is 0 Å². The maximum atomic E-state index is 4.33. The van der Waals surface area contributed by atoms with E-state index in [1.807, 2.05) is 30.5 Å². The third kappa shape index (κ3) is 1.38. The molecule has 1 aromatic heterocycles. The van der Waals surface area contributed by atoms with Gasteiger partial charge in [-0.15, -0.1) is 0 Å². The summed E-state index contributed by atoms with van der Waals surface area (Å²) < 4.78 is 0. The summed E-state index contributed by atoms with van der Waals surface area (Å²) in [6.07, 6.45) is 7.39. The van der Waals surface area contributed by atoms with Crippen molar-refractivity contribution in [2.45, 2.75) is 0 Å². The molecule has 1 N–H and O–H groups in total. The largest absolute Gasteiger partial charge is 0.345 e. The van der Waals surface area contributed by atoms with Crippen molar-refractivity contribution in [1.82, 2.24) is 9.97 Å². The normalized spacial score (nSPS) is 15.9. The first-order chi connectivity index (χ1) is 7.43. The summed E-state index contributed by atoms with van der Waals surface area (Å²) in [5.41, 5.74) is 4.32. The van der Waals surface area contributed by atoms with Crippen LogP contribution in [0.4, 0.5) is 5.69 Å². The number of rotatable bonds is 1. The van der Waals surface area contributed by atoms with Crippen LogP contribution in [0, 0.1) is 0 Å². The second kappa shape index (κ2) is 3.20. The Balaban J connectivity index is 2.08. The summed E-state index contributed by atoms with van der Waals surface area (Å²) in [6.45, 7) is 0. The van der Waals surface area contributed by atoms with Crippen LogP contribution in [0.3, 0.4) is 0 Å². The molecular formula is C12H9N3. The fraction of sp³-hybridized carbons (Fsp3) is 0. The molecule has 0 saturated heterocycles. The highest BCUT2D eigenvalue weighted by atomic mass is 14.9. The Bertz CT molecular complexity index is 536. The quantitative estimate of drug-likeness (QED) is 0.746. The average Bonchev–Trinajstić information content (AvgIpc) is 2.89. The molecule has 3 nitrogen and oxygen atoms in total. The van der Waals surface area contributed by atoms with E-state index < -0.39 is 0 Å². The van der Waals surface area contributed by atoms with E-state index in [0.29, 0.717) is 0 Å². The Labute approximate surface area is 87.2 Å². The van der Waals surface area contributed by atoms with Crippen molar-refractivity contribution in [3.05, 3.63) is 48.0 Å². The van der Waals surface area contributed by atoms with E-state index in [9.17, 15) is 0 Å². The van der Waals surface area contributed by atoms with Crippen LogP contribution < -0.4 is 0 Å². The topological polar surface area (TPSA) is 41.0 Å². The fourth-order valence-corrected chi connectivity index (χ4v) is 1.67. The van der Waals surface area contributed by atoms with Gasteiger partial charge in [0.25, 0.3) is 0 Å². The Kier molecular flexibility index (Phi) is 1.75. The highest BCUT2D eigenvalue weighted by Crippen LogP contribution is 2.31. The number of H-pyrrole nitrogens is 1. The number of nitrogens with zero attached hydrogens (tertiary/aromatic N) is 2. The molecule has 0 bridgehead atoms. The maximum absolute atomic E-state index is 4.33. The van der Waals surface area contributed by atoms with Crippen LogP contribution in [0.5, 0.6) is 0 Å². The zero-order valence-corrected chi connectivity index (χ0v) is 8.01. The number of allylic oxidation sites excluding steroid dienone is 1. The molecular weight excluding hydrogens is 186 g/mol. The molecule has 0 atom stereocenters. The average molecular weight is 195 g/mol. The standard InChI is InChI=1S/C12H9N3/c1-2-4-12-11(3-1)9(6-14-12)5-10-7-13-8-15-10/h1-8H,(H,13,15). The van der Waals surface area contributed by atoms with Crippen molar-refractivity contribution in [2.75, 3.05) is 0 Å². The molecule has 0 spiro atoms. The number of fused-ring (bicyclic) bond motifs is 1. The molecule has 0 radical (unpaired) electrons. The molecule has 1 aromatic carbocycles. The van der Waals surface area contributed by atoms with Crippen molar-refractivity contribution >= 4 is 23.6 Å². The van der Waals surface area contributed by atoms with E-state index in [1.54, 1.807) is 12.5 Å². The van der Waals surface area contributed by atoms with E-state index >= 15 is 0 Å². The van der Waals surface area contributed by atoms with E-state index in [-0.39, 0.29) is 0 Å². The molecule has 3 heteroatoms. The molecule has 0 unspecified atom stereocenters. The maximum Gasteiger partial charge on any atom is 0.0924 e. The molecule has 0 amide bonds. The number of imidazole rings is 1. The summed E-state index contributed by atoms with van der Waals surface area (Å²) in [7, 11) is 0. The predicted molar refractivity (Wildman–Crippen MR) is 61.1 cm³/mol. The third-order valence-corrected chi connectivity index (χ3v) is 2.39. The lowest BCUT2D eigenvalue weighted by atomic mass is 10.1. The molecule has 2 heterocycles. The van der Waals surface area contributed by atoms with Crippen molar-refractivity contribution in [3.8, 4) is 0 Å². The van der Waals surface area contributed by atoms with Gasteiger partial charge in [0.2, 0.25) is 0 Å². The molecule has 0 saturated carbocycles. The Morgan fingerprint density at radius 3 is 3.00 bits per heavy atom. The van der Waals surface area contributed by atoms with Gasteiger partial charge in [0.1, 0.15) is 0 Å². The minimum absolute atomic E-state index is 0.994. The number of hydrogen-bond acceptors (Lipinski definition) is 2. The number of hydrogen-bond donors (Lipinski definition) is 1. The molecule has 1 aliphatic rings. The first-order valence-electron chi connectivity index (χ1n) is 4.77. The van der Waals surface area contributed by atoms with Gasteiger partial charge in [0.15, 0.2) is 0 Å². The Morgan fingerprint density at radius 2 is 2.13 bits per heavy atom. The number of nitrogens with one attached hydrogen (secondary N) is 1. The molecule has 72 valence electrons. The van der Waals surface area contributed by atoms with Crippen molar-refractivity contribution < 1.29 is 0 Å². The lowest BCUT2D eigenvalue weighted by molar-refractivity contribution is 1.31. The number of benzene rings is 1. The molecule has 0 fully saturated rings. The van der Waals surface area contributed by atoms with Gasteiger partial charge in [0, 0.05) is 17.4 Å². The fourth-order valence-electron chi connectivity index (χ4n) is 1.67. The summed E-state index contributed by atoms with van der Waals surface area (Å²) >= 11 is 0. The second-order valence-corrected chi connectivity index (χ2v) is 3.38. The summed E-state index contributed by atoms with van der Waals surface area (Å²) in [5.74, 6) is 0. The summed E-state index contributed by atoms with van der Waals surface area (Å²) in [6, 6.07) is 8.10. The minimum atomic E-state index is 0.994. The monoisotopic (exact) mass is 195 g/mol. The van der Waals surface area contributed by atoms with Gasteiger partial charge >= 0.3 is 0 Å². The van der Waals surface area contributed by atoms with Crippen LogP contribution in [0.25, 0.3) is 11.6 Å². The lowest BCUT2D eigenvalue weighted by Gasteiger charge is -1.97. The van der Waals surface area contributed by atoms with Crippen molar-refractivity contribution in [2.24, 2.45) is 4.99 Å². The number of aromatic nitrogens is 2. The molecule has 0 aliphatic carbocycles. The SMILES string of the molecule is C1=Nc2ccccc2C1=Cc1cnc[nH]1. The first-order valence-corrected chi connectivity index (χ1v) is 4.77. The van der Waals surface area contributed by atoms with Gasteiger partial charge in [-0.05, 0) is 12.1 Å². The number of para-hydroxylation sites is 1. The van der Waals surface area contributed by atoms with E-state index in [1.165, 1.54) is 5.56 Å². The molecule has 15 heavy (non-hydrogen) atoms. The zero-order chi connectivity index (χ0) is 10.1. The molecule has 3 rings (SSSR count). The van der Waals surface area contributed by atoms with Crippen LogP contribution in [0.1, 0.15) is 11.3 Å². The predicted octanol–water partition coefficient (Wildman–Crippen LogP) is 2.67. The van der Waals surface area contributed by atoms with Crippen LogP contribution >= 0.6 is 0 Å². The van der Waals surface area contributed by atoms with Crippen molar-refractivity contribution in [1.29, 1.82) is 0 Å². The highest BCUT2D eigenvalue weighted by Gasteiger charge is 2.10. The van der Waals surface area contributed by atoms with Gasteiger partial charge in [-0.2, -0.15) is 0 Å². The third-order valence-electron chi connectivity index (χ3n) is 2.39. The minimum Gasteiger partial charge on any atom is -0.345 e. The van der Waals surface area contributed by atoms with Crippen LogP contribution in [-0.4, -0.2) is 16.2 Å². The van der Waals surface area contributed by atoms with Gasteiger partial charge in [0.05, 0.1) is 23.9 Å². The number of aliphatic imine (C=N–C) groups is 1. The zero-order valence-electron chi connectivity index (χ0n) is 8.01. The van der Waals surface area contributed by atoms with Gasteiger partial charge in [-0.1, -0.05) is 18.2 Å². The summed E-state index contributed by atoms with van der Waals surface area (Å²) in [5, 5.41) is 0. The first kappa shape index (κ1) is 8.17. The van der Waals surface area contributed by atoms with Crippen molar-refractivity contribution in [3.63, 3.8) is 0 Å². The molecule has 1 aliphatic heterocycles. The van der Waals surface area contributed by atoms with E-state index in [4.69, 9.17) is 0 Å². The second-order valence-electron chi connectivity index (χ2n) is 3.38. The van der Waals surface area contributed by atoms with E-state index in [2.05, 4.69) is 21.0 Å². The van der Waals surface area contributed by atoms with Gasteiger partial charge in [-0.3, -0.25) is 4.99 Å². The summed E-state index contributed by atoms with van der Waals surface area (Å²) in [4.78, 5) is 11.4. The van der Waals surface area contributed by atoms with Gasteiger partial charge in [-0.25, -0.2) is 4.98 Å². The van der Waals surface area contributed by atoms with Crippen LogP contribution in [0.15, 0.2) is 41.8 Å². The Morgan fingerprint density at radius 1 is 1.20 bits per heavy atom. The van der Waals surface area contributed by atoms with Gasteiger partial charge < -0.3 is 4.98 Å². The smallest absolute Gasteiger partial charge is 0.0924 e.